The minimum atomic E-state index is -0.270. The molecule has 1 rings (SSSR count). The molecule has 1 heterocycles. The lowest BCUT2D eigenvalue weighted by Gasteiger charge is -2.05. The molecule has 4 N–H and O–H groups in total. The van der Waals surface area contributed by atoms with Crippen LogP contribution in [0.5, 0.6) is 0 Å². The highest BCUT2D eigenvalue weighted by Gasteiger charge is 2.00. The highest BCUT2D eigenvalue weighted by atomic mass is 16.5. The molecule has 0 fully saturated rings. The summed E-state index contributed by atoms with van der Waals surface area (Å²) in [6, 6.07) is 1.64. The van der Waals surface area contributed by atoms with E-state index in [1.807, 2.05) is 0 Å². The smallest absolute Gasteiger partial charge is 0.307 e. The summed E-state index contributed by atoms with van der Waals surface area (Å²) in [4.78, 5) is 18.6. The molecule has 0 aliphatic carbocycles. The number of carbonyl (C=O) groups excluding carboxylic acids is 1. The number of nitrogens with two attached hydrogens (primary N) is 1. The van der Waals surface area contributed by atoms with Crippen LogP contribution in [0.3, 0.4) is 0 Å². The molecule has 0 atom stereocenters. The van der Waals surface area contributed by atoms with Gasteiger partial charge in [-0.3, -0.25) is 4.79 Å². The van der Waals surface area contributed by atoms with Crippen LogP contribution in [-0.2, 0) is 9.53 Å². The van der Waals surface area contributed by atoms with Crippen LogP contribution >= 0.6 is 0 Å². The van der Waals surface area contributed by atoms with Crippen LogP contribution in [0.15, 0.2) is 12.4 Å². The summed E-state index contributed by atoms with van der Waals surface area (Å²) in [5, 5.41) is 2.94. The van der Waals surface area contributed by atoms with Crippen molar-refractivity contribution >= 4 is 17.6 Å². The highest BCUT2D eigenvalue weighted by Crippen LogP contribution is 2.06. The van der Waals surface area contributed by atoms with Gasteiger partial charge in [0.25, 0.3) is 0 Å². The molecule has 0 aliphatic rings. The first-order chi connectivity index (χ1) is 7.26. The van der Waals surface area contributed by atoms with Crippen molar-refractivity contribution < 1.29 is 9.53 Å². The fraction of sp³-hybridized carbons (Fsp3) is 0.375. The van der Waals surface area contributed by atoms with Gasteiger partial charge < -0.3 is 15.5 Å². The van der Waals surface area contributed by atoms with Crippen molar-refractivity contribution in [3.8, 4) is 0 Å². The maximum Gasteiger partial charge on any atom is 0.307 e. The number of hydrogen-bond donors (Lipinski definition) is 3. The molecule has 0 unspecified atom stereocenters. The SMILES string of the molecule is COC(=O)CCNc1cc(NN)ncn1. The fourth-order valence-electron chi connectivity index (χ4n) is 0.928. The summed E-state index contributed by atoms with van der Waals surface area (Å²) in [6.07, 6.45) is 1.65. The van der Waals surface area contributed by atoms with Crippen LogP contribution in [0.25, 0.3) is 0 Å². The van der Waals surface area contributed by atoms with E-state index in [4.69, 9.17) is 5.84 Å². The van der Waals surface area contributed by atoms with Gasteiger partial charge in [0.2, 0.25) is 0 Å². The number of ether oxygens (including phenoxy) is 1. The average molecular weight is 211 g/mol. The van der Waals surface area contributed by atoms with Gasteiger partial charge >= 0.3 is 5.97 Å². The summed E-state index contributed by atoms with van der Waals surface area (Å²) in [5.74, 6) is 6.01. The van der Waals surface area contributed by atoms with Crippen molar-refractivity contribution in [1.82, 2.24) is 9.97 Å². The molecule has 0 saturated heterocycles. The van der Waals surface area contributed by atoms with E-state index in [0.717, 1.165) is 0 Å². The predicted octanol–water partition coefficient (Wildman–Crippen LogP) is -0.263. The van der Waals surface area contributed by atoms with Crippen molar-refractivity contribution in [2.24, 2.45) is 5.84 Å². The molecule has 7 heteroatoms. The van der Waals surface area contributed by atoms with Gasteiger partial charge in [-0.2, -0.15) is 0 Å². The number of aromatic nitrogens is 2. The standard InChI is InChI=1S/C8H13N5O2/c1-15-8(14)2-3-10-6-4-7(13-9)12-5-11-6/h4-5H,2-3,9H2,1H3,(H2,10,11,12,13). The average Bonchev–Trinajstić information content (AvgIpc) is 2.29. The minimum Gasteiger partial charge on any atom is -0.469 e. The Hall–Kier alpha value is -1.89. The van der Waals surface area contributed by atoms with E-state index < -0.39 is 0 Å². The van der Waals surface area contributed by atoms with E-state index in [0.29, 0.717) is 18.2 Å². The van der Waals surface area contributed by atoms with Gasteiger partial charge in [0.15, 0.2) is 0 Å². The maximum atomic E-state index is 10.8. The number of nitrogen functional groups attached to an aromatic ring is 1. The quantitative estimate of drug-likeness (QED) is 0.350. The Labute approximate surface area is 87.0 Å². The third-order valence-electron chi connectivity index (χ3n) is 1.68. The van der Waals surface area contributed by atoms with Crippen molar-refractivity contribution in [2.45, 2.75) is 6.42 Å². The number of carbonyl (C=O) groups is 1. The Morgan fingerprint density at radius 2 is 2.27 bits per heavy atom. The van der Waals surface area contributed by atoms with Crippen LogP contribution in [0.4, 0.5) is 11.6 Å². The van der Waals surface area contributed by atoms with Gasteiger partial charge in [-0.05, 0) is 0 Å². The van der Waals surface area contributed by atoms with Crippen molar-refractivity contribution in [2.75, 3.05) is 24.4 Å². The number of hydrogen-bond acceptors (Lipinski definition) is 7. The molecule has 0 radical (unpaired) electrons. The molecule has 0 spiro atoms. The molecule has 0 aromatic carbocycles. The van der Waals surface area contributed by atoms with E-state index in [-0.39, 0.29) is 12.4 Å². The summed E-state index contributed by atoms with van der Waals surface area (Å²) in [7, 11) is 1.35. The second-order valence-corrected chi connectivity index (χ2v) is 2.69. The molecule has 0 saturated carbocycles. The number of esters is 1. The van der Waals surface area contributed by atoms with E-state index >= 15 is 0 Å². The number of nitrogens with one attached hydrogen (secondary N) is 2. The number of rotatable bonds is 5. The zero-order valence-electron chi connectivity index (χ0n) is 8.36. The Balaban J connectivity index is 2.40. The largest absolute Gasteiger partial charge is 0.469 e. The first kappa shape index (κ1) is 11.2. The third-order valence-corrected chi connectivity index (χ3v) is 1.68. The topological polar surface area (TPSA) is 102 Å². The van der Waals surface area contributed by atoms with Crippen molar-refractivity contribution in [3.63, 3.8) is 0 Å². The lowest BCUT2D eigenvalue weighted by Crippen LogP contribution is -2.12. The number of anilines is 2. The van der Waals surface area contributed by atoms with Crippen LogP contribution in [0.1, 0.15) is 6.42 Å². The van der Waals surface area contributed by atoms with E-state index in [1.54, 1.807) is 6.07 Å². The van der Waals surface area contributed by atoms with Gasteiger partial charge in [-0.1, -0.05) is 0 Å². The predicted molar refractivity (Wildman–Crippen MR) is 55.0 cm³/mol. The lowest BCUT2D eigenvalue weighted by atomic mass is 10.4. The minimum absolute atomic E-state index is 0.270. The summed E-state index contributed by atoms with van der Waals surface area (Å²) in [5.41, 5.74) is 2.39. The van der Waals surface area contributed by atoms with Crippen molar-refractivity contribution in [3.05, 3.63) is 12.4 Å². The Morgan fingerprint density at radius 1 is 1.53 bits per heavy atom. The zero-order valence-corrected chi connectivity index (χ0v) is 8.36. The van der Waals surface area contributed by atoms with Crippen LogP contribution in [-0.4, -0.2) is 29.6 Å². The van der Waals surface area contributed by atoms with Gasteiger partial charge in [0, 0.05) is 12.6 Å². The van der Waals surface area contributed by atoms with Crippen molar-refractivity contribution in [1.29, 1.82) is 0 Å². The molecule has 0 aliphatic heterocycles. The number of methoxy groups -OCH3 is 1. The van der Waals surface area contributed by atoms with Crippen LogP contribution < -0.4 is 16.6 Å². The van der Waals surface area contributed by atoms with E-state index in [1.165, 1.54) is 13.4 Å². The summed E-state index contributed by atoms with van der Waals surface area (Å²) < 4.78 is 4.49. The summed E-state index contributed by atoms with van der Waals surface area (Å²) in [6.45, 7) is 0.452. The molecular weight excluding hydrogens is 198 g/mol. The van der Waals surface area contributed by atoms with Gasteiger partial charge in [-0.15, -0.1) is 0 Å². The molecule has 0 amide bonds. The molecule has 82 valence electrons. The first-order valence-electron chi connectivity index (χ1n) is 4.35. The zero-order chi connectivity index (χ0) is 11.1. The molecule has 1 aromatic heterocycles. The van der Waals surface area contributed by atoms with E-state index in [9.17, 15) is 4.79 Å². The lowest BCUT2D eigenvalue weighted by molar-refractivity contribution is -0.140. The second kappa shape index (κ2) is 5.76. The second-order valence-electron chi connectivity index (χ2n) is 2.69. The Kier molecular flexibility index (Phi) is 4.30. The number of nitrogens with zero attached hydrogens (tertiary/aromatic N) is 2. The third kappa shape index (κ3) is 3.77. The number of hydrazine groups is 1. The summed E-state index contributed by atoms with van der Waals surface area (Å²) >= 11 is 0. The van der Waals surface area contributed by atoms with E-state index in [2.05, 4.69) is 25.4 Å². The van der Waals surface area contributed by atoms with Crippen LogP contribution in [0, 0.1) is 0 Å². The Bertz CT molecular complexity index is 331. The maximum absolute atomic E-state index is 10.8. The first-order valence-corrected chi connectivity index (χ1v) is 4.35. The molecular formula is C8H13N5O2. The highest BCUT2D eigenvalue weighted by molar-refractivity contribution is 5.69. The Morgan fingerprint density at radius 3 is 2.93 bits per heavy atom. The van der Waals surface area contributed by atoms with Gasteiger partial charge in [-0.25, -0.2) is 15.8 Å². The van der Waals surface area contributed by atoms with Gasteiger partial charge in [0.05, 0.1) is 13.5 Å². The molecule has 0 bridgehead atoms. The van der Waals surface area contributed by atoms with Gasteiger partial charge in [0.1, 0.15) is 18.0 Å². The normalized spacial score (nSPS) is 9.47. The molecule has 7 nitrogen and oxygen atoms in total. The fourth-order valence-corrected chi connectivity index (χ4v) is 0.928. The van der Waals surface area contributed by atoms with Crippen LogP contribution in [0.2, 0.25) is 0 Å². The monoisotopic (exact) mass is 211 g/mol. The molecule has 15 heavy (non-hydrogen) atoms. The molecule has 1 aromatic rings.